The van der Waals surface area contributed by atoms with Crippen LogP contribution in [0.2, 0.25) is 0 Å². The molecule has 1 aliphatic rings. The molecule has 1 aromatic rings. The highest BCUT2D eigenvalue weighted by atomic mass is 16.5. The third-order valence-corrected chi connectivity index (χ3v) is 4.71. The molecule has 0 fully saturated rings. The van der Waals surface area contributed by atoms with E-state index in [2.05, 4.69) is 51.2 Å². The normalized spacial score (nSPS) is 24.5. The summed E-state index contributed by atoms with van der Waals surface area (Å²) in [5.41, 5.74) is 2.69. The molecule has 0 amide bonds. The highest BCUT2D eigenvalue weighted by molar-refractivity contribution is 5.41. The van der Waals surface area contributed by atoms with Gasteiger partial charge < -0.3 is 10.1 Å². The van der Waals surface area contributed by atoms with Crippen LogP contribution < -0.4 is 10.1 Å². The fourth-order valence-corrected chi connectivity index (χ4v) is 3.34. The molecule has 118 valence electrons. The van der Waals surface area contributed by atoms with E-state index in [0.29, 0.717) is 6.04 Å². The highest BCUT2D eigenvalue weighted by Crippen LogP contribution is 2.43. The van der Waals surface area contributed by atoms with Crippen molar-refractivity contribution >= 4 is 0 Å². The summed E-state index contributed by atoms with van der Waals surface area (Å²) in [6.45, 7) is 10.00. The lowest BCUT2D eigenvalue weighted by Crippen LogP contribution is -2.44. The smallest absolute Gasteiger partial charge is 0.124 e. The van der Waals surface area contributed by atoms with Gasteiger partial charge in [0.25, 0.3) is 0 Å². The number of ether oxygens (including phenoxy) is 1. The monoisotopic (exact) mass is 289 g/mol. The molecule has 0 aliphatic carbocycles. The van der Waals surface area contributed by atoms with Crippen LogP contribution in [0.5, 0.6) is 5.75 Å². The van der Waals surface area contributed by atoms with Gasteiger partial charge in [-0.1, -0.05) is 44.9 Å². The van der Waals surface area contributed by atoms with Crippen molar-refractivity contribution in [3.8, 4) is 5.75 Å². The number of aryl methyl sites for hydroxylation is 1. The van der Waals surface area contributed by atoms with E-state index < -0.39 is 0 Å². The van der Waals surface area contributed by atoms with Crippen LogP contribution in [0, 0.1) is 6.92 Å². The zero-order valence-electron chi connectivity index (χ0n) is 14.2. The number of hydrogen-bond acceptors (Lipinski definition) is 2. The molecule has 0 aromatic heterocycles. The number of hydrogen-bond donors (Lipinski definition) is 1. The van der Waals surface area contributed by atoms with Crippen LogP contribution in [-0.2, 0) is 0 Å². The molecule has 21 heavy (non-hydrogen) atoms. The molecule has 2 atom stereocenters. The Kier molecular flexibility index (Phi) is 5.69. The summed E-state index contributed by atoms with van der Waals surface area (Å²) in [6.07, 6.45) is 7.00. The van der Waals surface area contributed by atoms with E-state index in [1.165, 1.54) is 30.4 Å². The Labute approximate surface area is 130 Å². The molecule has 2 unspecified atom stereocenters. The number of fused-ring (bicyclic) bond motifs is 1. The Morgan fingerprint density at radius 1 is 1.24 bits per heavy atom. The van der Waals surface area contributed by atoms with Crippen molar-refractivity contribution < 1.29 is 4.74 Å². The second-order valence-electron chi connectivity index (χ2n) is 6.49. The van der Waals surface area contributed by atoms with Crippen molar-refractivity contribution in [2.75, 3.05) is 6.54 Å². The average Bonchev–Trinajstić information content (AvgIpc) is 2.51. The fourth-order valence-electron chi connectivity index (χ4n) is 3.34. The third kappa shape index (κ3) is 3.79. The van der Waals surface area contributed by atoms with Gasteiger partial charge in [0.05, 0.1) is 0 Å². The van der Waals surface area contributed by atoms with Crippen LogP contribution in [-0.4, -0.2) is 12.1 Å². The zero-order chi connectivity index (χ0) is 15.3. The van der Waals surface area contributed by atoms with Crippen molar-refractivity contribution in [3.63, 3.8) is 0 Å². The summed E-state index contributed by atoms with van der Waals surface area (Å²) >= 11 is 0. The van der Waals surface area contributed by atoms with Gasteiger partial charge in [0.15, 0.2) is 0 Å². The first-order chi connectivity index (χ1) is 10.1. The van der Waals surface area contributed by atoms with Crippen LogP contribution in [0.25, 0.3) is 0 Å². The molecule has 0 radical (unpaired) electrons. The van der Waals surface area contributed by atoms with Crippen LogP contribution in [0.15, 0.2) is 18.2 Å². The van der Waals surface area contributed by atoms with E-state index in [9.17, 15) is 0 Å². The van der Waals surface area contributed by atoms with Gasteiger partial charge in [-0.2, -0.15) is 0 Å². The summed E-state index contributed by atoms with van der Waals surface area (Å²) < 4.78 is 6.50. The Hall–Kier alpha value is -1.02. The molecule has 0 bridgehead atoms. The molecule has 2 rings (SSSR count). The first-order valence-corrected chi connectivity index (χ1v) is 8.67. The zero-order valence-corrected chi connectivity index (χ0v) is 14.2. The predicted octanol–water partition coefficient (Wildman–Crippen LogP) is 5.16. The molecular formula is C19H31NO. The number of rotatable bonds is 7. The van der Waals surface area contributed by atoms with Crippen molar-refractivity contribution in [3.05, 3.63) is 29.3 Å². The molecule has 2 heteroatoms. The summed E-state index contributed by atoms with van der Waals surface area (Å²) in [7, 11) is 0. The average molecular weight is 289 g/mol. The maximum atomic E-state index is 6.50. The minimum absolute atomic E-state index is 0.0175. The van der Waals surface area contributed by atoms with Gasteiger partial charge in [0.2, 0.25) is 0 Å². The maximum Gasteiger partial charge on any atom is 0.124 e. The molecular weight excluding hydrogens is 258 g/mol. The first kappa shape index (κ1) is 16.4. The molecule has 2 nitrogen and oxygen atoms in total. The van der Waals surface area contributed by atoms with Crippen LogP contribution in [0.1, 0.15) is 76.5 Å². The summed E-state index contributed by atoms with van der Waals surface area (Å²) in [5.74, 6) is 1.10. The molecule has 0 saturated carbocycles. The Balaban J connectivity index is 2.29. The SMILES string of the molecule is CCCCC1(CC)CC(NCCC)c2cc(C)ccc2O1. The van der Waals surface area contributed by atoms with Crippen molar-refractivity contribution in [1.82, 2.24) is 5.32 Å². The second-order valence-corrected chi connectivity index (χ2v) is 6.49. The molecule has 0 spiro atoms. The maximum absolute atomic E-state index is 6.50. The topological polar surface area (TPSA) is 21.3 Å². The lowest BCUT2D eigenvalue weighted by molar-refractivity contribution is 0.0165. The van der Waals surface area contributed by atoms with Gasteiger partial charge in [-0.3, -0.25) is 0 Å². The number of nitrogens with one attached hydrogen (secondary N) is 1. The van der Waals surface area contributed by atoms with Crippen LogP contribution in [0.4, 0.5) is 0 Å². The minimum Gasteiger partial charge on any atom is -0.487 e. The van der Waals surface area contributed by atoms with E-state index >= 15 is 0 Å². The standard InChI is InChI=1S/C19H31NO/c1-5-8-11-19(7-3)14-17(20-12-6-2)16-13-15(4)9-10-18(16)21-19/h9-10,13,17,20H,5-8,11-12,14H2,1-4H3. The largest absolute Gasteiger partial charge is 0.487 e. The lowest BCUT2D eigenvalue weighted by Gasteiger charge is -2.42. The van der Waals surface area contributed by atoms with Crippen LogP contribution in [0.3, 0.4) is 0 Å². The van der Waals surface area contributed by atoms with Gasteiger partial charge in [0.1, 0.15) is 11.4 Å². The predicted molar refractivity (Wildman–Crippen MR) is 90.0 cm³/mol. The van der Waals surface area contributed by atoms with Gasteiger partial charge >= 0.3 is 0 Å². The molecule has 1 heterocycles. The molecule has 1 N–H and O–H groups in total. The van der Waals surface area contributed by atoms with Crippen molar-refractivity contribution in [2.24, 2.45) is 0 Å². The Bertz CT molecular complexity index is 457. The van der Waals surface area contributed by atoms with Crippen molar-refractivity contribution in [1.29, 1.82) is 0 Å². The minimum atomic E-state index is 0.0175. The fraction of sp³-hybridized carbons (Fsp3) is 0.684. The first-order valence-electron chi connectivity index (χ1n) is 8.67. The summed E-state index contributed by atoms with van der Waals surface area (Å²) in [6, 6.07) is 7.06. The number of unbranched alkanes of at least 4 members (excludes halogenated alkanes) is 1. The highest BCUT2D eigenvalue weighted by Gasteiger charge is 2.38. The molecule has 0 saturated heterocycles. The van der Waals surface area contributed by atoms with Gasteiger partial charge in [0, 0.05) is 18.0 Å². The van der Waals surface area contributed by atoms with Gasteiger partial charge in [-0.05, 0) is 45.2 Å². The number of benzene rings is 1. The Morgan fingerprint density at radius 3 is 2.71 bits per heavy atom. The van der Waals surface area contributed by atoms with E-state index in [1.807, 2.05) is 0 Å². The quantitative estimate of drug-likeness (QED) is 0.749. The molecule has 1 aromatic carbocycles. The van der Waals surface area contributed by atoms with Crippen molar-refractivity contribution in [2.45, 2.75) is 77.9 Å². The van der Waals surface area contributed by atoms with E-state index in [4.69, 9.17) is 4.74 Å². The lowest BCUT2D eigenvalue weighted by atomic mass is 9.81. The van der Waals surface area contributed by atoms with E-state index in [1.54, 1.807) is 0 Å². The Morgan fingerprint density at radius 2 is 2.05 bits per heavy atom. The third-order valence-electron chi connectivity index (χ3n) is 4.71. The molecule has 1 aliphatic heterocycles. The summed E-state index contributed by atoms with van der Waals surface area (Å²) in [4.78, 5) is 0. The van der Waals surface area contributed by atoms with Crippen LogP contribution >= 0.6 is 0 Å². The van der Waals surface area contributed by atoms with E-state index in [0.717, 1.165) is 31.6 Å². The van der Waals surface area contributed by atoms with Gasteiger partial charge in [-0.25, -0.2) is 0 Å². The second kappa shape index (κ2) is 7.31. The van der Waals surface area contributed by atoms with Gasteiger partial charge in [-0.15, -0.1) is 0 Å². The summed E-state index contributed by atoms with van der Waals surface area (Å²) in [5, 5.41) is 3.74. The van der Waals surface area contributed by atoms with E-state index in [-0.39, 0.29) is 5.60 Å².